The van der Waals surface area contributed by atoms with Gasteiger partial charge in [0.15, 0.2) is 0 Å². The first-order valence-corrected chi connectivity index (χ1v) is 11.8. The number of carboxylic acid groups (broad SMARTS) is 2. The quantitative estimate of drug-likeness (QED) is 0.418. The van der Waals surface area contributed by atoms with Crippen molar-refractivity contribution in [1.82, 2.24) is 0 Å². The third kappa shape index (κ3) is 9.00. The van der Waals surface area contributed by atoms with Gasteiger partial charge in [0, 0.05) is 18.8 Å². The van der Waals surface area contributed by atoms with Crippen LogP contribution in [0.25, 0.3) is 0 Å². The van der Waals surface area contributed by atoms with E-state index in [1.54, 1.807) is 24.3 Å². The molecule has 2 aromatic carbocycles. The van der Waals surface area contributed by atoms with E-state index < -0.39 is 28.1 Å². The van der Waals surface area contributed by atoms with Crippen molar-refractivity contribution in [2.75, 3.05) is 29.8 Å². The van der Waals surface area contributed by atoms with Crippen molar-refractivity contribution in [1.29, 1.82) is 0 Å². The fourth-order valence-electron chi connectivity index (χ4n) is 2.91. The number of anilines is 2. The molecular formula is C22H27F3N2O7S. The summed E-state index contributed by atoms with van der Waals surface area (Å²) in [6, 6.07) is 10.6. The van der Waals surface area contributed by atoms with Crippen molar-refractivity contribution < 1.29 is 46.1 Å². The van der Waals surface area contributed by atoms with Crippen LogP contribution >= 0.6 is 0 Å². The number of aromatic carboxylic acids is 1. The fraction of sp³-hybridized carbons (Fsp3) is 0.364. The lowest BCUT2D eigenvalue weighted by molar-refractivity contribution is -0.192. The summed E-state index contributed by atoms with van der Waals surface area (Å²) < 4.78 is 64.4. The zero-order valence-electron chi connectivity index (χ0n) is 19.3. The molecule has 0 bridgehead atoms. The summed E-state index contributed by atoms with van der Waals surface area (Å²) in [6.45, 7) is 5.51. The number of nitrogens with zero attached hydrogens (tertiary/aromatic N) is 1. The zero-order chi connectivity index (χ0) is 26.8. The molecule has 0 atom stereocenters. The Bertz CT molecular complexity index is 1100. The Hall–Kier alpha value is -3.48. The molecule has 13 heteroatoms. The number of nitrogens with one attached hydrogen (secondary N) is 1. The maximum atomic E-state index is 12.6. The van der Waals surface area contributed by atoms with Crippen molar-refractivity contribution in [2.45, 2.75) is 37.8 Å². The van der Waals surface area contributed by atoms with Gasteiger partial charge in [0.05, 0.1) is 23.3 Å². The molecule has 0 aromatic heterocycles. The highest BCUT2D eigenvalue weighted by molar-refractivity contribution is 7.92. The minimum atomic E-state index is -5.08. The van der Waals surface area contributed by atoms with Gasteiger partial charge in [0.25, 0.3) is 10.0 Å². The highest BCUT2D eigenvalue weighted by Crippen LogP contribution is 2.27. The predicted molar refractivity (Wildman–Crippen MR) is 124 cm³/mol. The summed E-state index contributed by atoms with van der Waals surface area (Å²) in [5.41, 5.74) is 0.852. The molecule has 35 heavy (non-hydrogen) atoms. The second-order valence-electron chi connectivity index (χ2n) is 7.11. The van der Waals surface area contributed by atoms with E-state index in [0.717, 1.165) is 25.9 Å². The van der Waals surface area contributed by atoms with Crippen LogP contribution in [-0.2, 0) is 14.8 Å². The van der Waals surface area contributed by atoms with Gasteiger partial charge in [-0.1, -0.05) is 13.8 Å². The largest absolute Gasteiger partial charge is 0.497 e. The minimum Gasteiger partial charge on any atom is -0.497 e. The van der Waals surface area contributed by atoms with Crippen molar-refractivity contribution in [2.24, 2.45) is 0 Å². The Morgan fingerprint density at radius 3 is 1.91 bits per heavy atom. The average Bonchev–Trinajstić information content (AvgIpc) is 2.78. The van der Waals surface area contributed by atoms with Gasteiger partial charge in [-0.15, -0.1) is 0 Å². The van der Waals surface area contributed by atoms with Crippen LogP contribution in [0.4, 0.5) is 24.5 Å². The number of ether oxygens (including phenoxy) is 1. The molecule has 0 aliphatic heterocycles. The Morgan fingerprint density at radius 2 is 1.51 bits per heavy atom. The fourth-order valence-corrected chi connectivity index (χ4v) is 3.96. The first kappa shape index (κ1) is 29.6. The lowest BCUT2D eigenvalue weighted by Crippen LogP contribution is -2.27. The molecule has 0 unspecified atom stereocenters. The van der Waals surface area contributed by atoms with E-state index >= 15 is 0 Å². The number of alkyl halides is 3. The van der Waals surface area contributed by atoms with E-state index in [9.17, 15) is 31.5 Å². The van der Waals surface area contributed by atoms with Crippen LogP contribution in [0.2, 0.25) is 0 Å². The molecule has 0 heterocycles. The Kier molecular flexibility index (Phi) is 10.8. The average molecular weight is 521 g/mol. The number of carboxylic acids is 2. The Labute approximate surface area is 201 Å². The van der Waals surface area contributed by atoms with Gasteiger partial charge < -0.3 is 19.8 Å². The first-order valence-electron chi connectivity index (χ1n) is 10.4. The molecule has 0 spiro atoms. The molecule has 194 valence electrons. The molecule has 0 saturated heterocycles. The maximum absolute atomic E-state index is 12.6. The highest BCUT2D eigenvalue weighted by atomic mass is 32.2. The van der Waals surface area contributed by atoms with Gasteiger partial charge in [0.1, 0.15) is 5.75 Å². The molecule has 3 N–H and O–H groups in total. The molecular weight excluding hydrogens is 493 g/mol. The number of rotatable bonds is 10. The number of hydrogen-bond donors (Lipinski definition) is 3. The number of sulfonamides is 1. The monoisotopic (exact) mass is 520 g/mol. The number of hydrogen-bond acceptors (Lipinski definition) is 6. The summed E-state index contributed by atoms with van der Waals surface area (Å²) in [6.07, 6.45) is -3.32. The van der Waals surface area contributed by atoms with Gasteiger partial charge in [0.2, 0.25) is 0 Å². The molecule has 0 aliphatic rings. The van der Waals surface area contributed by atoms with Crippen LogP contribution in [0.3, 0.4) is 0 Å². The lowest BCUT2D eigenvalue weighted by atomic mass is 10.1. The van der Waals surface area contributed by atoms with E-state index in [-0.39, 0.29) is 16.1 Å². The van der Waals surface area contributed by atoms with Gasteiger partial charge >= 0.3 is 18.1 Å². The summed E-state index contributed by atoms with van der Waals surface area (Å²) in [7, 11) is -2.35. The standard InChI is InChI=1S/C20H26N2O5S.C2HF3O2/c1-4-12-22(13-5-2)19-11-6-15(14-18(19)20(23)24)21-28(25,26)17-9-7-16(27-3)8-10-17;3-2(4,5)1(6)7/h6-11,14,21H,4-5,12-13H2,1-3H3,(H,23,24);(H,6,7). The molecule has 0 aliphatic carbocycles. The van der Waals surface area contributed by atoms with Gasteiger partial charge in [-0.3, -0.25) is 4.72 Å². The predicted octanol–water partition coefficient (Wildman–Crippen LogP) is 4.45. The lowest BCUT2D eigenvalue weighted by Gasteiger charge is -2.25. The smallest absolute Gasteiger partial charge is 0.490 e. The van der Waals surface area contributed by atoms with E-state index in [2.05, 4.69) is 4.72 Å². The van der Waals surface area contributed by atoms with E-state index in [1.165, 1.54) is 25.3 Å². The third-order valence-corrected chi connectivity index (χ3v) is 5.82. The van der Waals surface area contributed by atoms with E-state index in [4.69, 9.17) is 14.6 Å². The molecule has 2 rings (SSSR count). The second kappa shape index (κ2) is 12.8. The summed E-state index contributed by atoms with van der Waals surface area (Å²) >= 11 is 0. The number of methoxy groups -OCH3 is 1. The molecule has 0 amide bonds. The van der Waals surface area contributed by atoms with Gasteiger partial charge in [-0.2, -0.15) is 13.2 Å². The van der Waals surface area contributed by atoms with Crippen LogP contribution in [0.15, 0.2) is 47.4 Å². The maximum Gasteiger partial charge on any atom is 0.490 e. The topological polar surface area (TPSA) is 133 Å². The molecule has 0 radical (unpaired) electrons. The molecule has 2 aromatic rings. The molecule has 0 saturated carbocycles. The Balaban J connectivity index is 0.000000762. The SMILES string of the molecule is CCCN(CCC)c1ccc(NS(=O)(=O)c2ccc(OC)cc2)cc1C(=O)O.O=C(O)C(F)(F)F. The summed E-state index contributed by atoms with van der Waals surface area (Å²) in [4.78, 5) is 22.7. The Morgan fingerprint density at radius 1 is 1.00 bits per heavy atom. The highest BCUT2D eigenvalue weighted by Gasteiger charge is 2.38. The molecule has 9 nitrogen and oxygen atoms in total. The number of halogens is 3. The summed E-state index contributed by atoms with van der Waals surface area (Å²) in [5.74, 6) is -3.31. The van der Waals surface area contributed by atoms with Crippen molar-refractivity contribution in [3.05, 3.63) is 48.0 Å². The van der Waals surface area contributed by atoms with E-state index in [0.29, 0.717) is 11.4 Å². The number of benzene rings is 2. The first-order chi connectivity index (χ1) is 16.3. The second-order valence-corrected chi connectivity index (χ2v) is 8.79. The zero-order valence-corrected chi connectivity index (χ0v) is 20.1. The van der Waals surface area contributed by atoms with Crippen LogP contribution in [0.5, 0.6) is 5.75 Å². The molecule has 0 fully saturated rings. The van der Waals surface area contributed by atoms with Gasteiger partial charge in [-0.05, 0) is 55.3 Å². The van der Waals surface area contributed by atoms with Crippen molar-refractivity contribution >= 4 is 33.3 Å². The normalized spacial score (nSPS) is 11.1. The summed E-state index contributed by atoms with van der Waals surface area (Å²) in [5, 5.41) is 16.8. The van der Waals surface area contributed by atoms with E-state index in [1.807, 2.05) is 18.7 Å². The third-order valence-electron chi connectivity index (χ3n) is 4.42. The van der Waals surface area contributed by atoms with Crippen molar-refractivity contribution in [3.63, 3.8) is 0 Å². The van der Waals surface area contributed by atoms with Crippen LogP contribution in [0, 0.1) is 0 Å². The van der Waals surface area contributed by atoms with Crippen LogP contribution < -0.4 is 14.4 Å². The van der Waals surface area contributed by atoms with Crippen LogP contribution in [-0.4, -0.2) is 56.9 Å². The number of aliphatic carboxylic acids is 1. The van der Waals surface area contributed by atoms with Gasteiger partial charge in [-0.25, -0.2) is 18.0 Å². The van der Waals surface area contributed by atoms with Crippen LogP contribution in [0.1, 0.15) is 37.0 Å². The van der Waals surface area contributed by atoms with Crippen molar-refractivity contribution in [3.8, 4) is 5.75 Å². The minimum absolute atomic E-state index is 0.0628. The number of carbonyl (C=O) groups is 2.